The molecule has 1 fully saturated rings. The Labute approximate surface area is 140 Å². The lowest BCUT2D eigenvalue weighted by Gasteiger charge is -2.25. The van der Waals surface area contributed by atoms with Gasteiger partial charge in [-0.1, -0.05) is 0 Å². The van der Waals surface area contributed by atoms with Crippen LogP contribution in [0.2, 0.25) is 0 Å². The van der Waals surface area contributed by atoms with Crippen molar-refractivity contribution in [1.82, 2.24) is 15.5 Å². The van der Waals surface area contributed by atoms with E-state index in [-0.39, 0.29) is 24.0 Å². The van der Waals surface area contributed by atoms with Gasteiger partial charge in [0.1, 0.15) is 0 Å². The molecule has 0 radical (unpaired) electrons. The summed E-state index contributed by atoms with van der Waals surface area (Å²) in [5.74, 6) is 0.888. The summed E-state index contributed by atoms with van der Waals surface area (Å²) in [6.45, 7) is 10.9. The summed E-state index contributed by atoms with van der Waals surface area (Å²) in [5.41, 5.74) is 0. The van der Waals surface area contributed by atoms with E-state index in [2.05, 4.69) is 41.3 Å². The molecular formula is C14H31IN4O. The fraction of sp³-hybridized carbons (Fsp3) is 0.929. The molecule has 5 nitrogen and oxygen atoms in total. The van der Waals surface area contributed by atoms with E-state index in [1.807, 2.05) is 0 Å². The number of hydrogen-bond acceptors (Lipinski definition) is 3. The molecule has 2 N–H and O–H groups in total. The van der Waals surface area contributed by atoms with Gasteiger partial charge in [-0.2, -0.15) is 0 Å². The van der Waals surface area contributed by atoms with Crippen LogP contribution in [0, 0.1) is 0 Å². The summed E-state index contributed by atoms with van der Waals surface area (Å²) >= 11 is 0. The fourth-order valence-corrected chi connectivity index (χ4v) is 2.16. The Morgan fingerprint density at radius 1 is 1.35 bits per heavy atom. The first-order valence-corrected chi connectivity index (χ1v) is 7.45. The van der Waals surface area contributed by atoms with Gasteiger partial charge >= 0.3 is 0 Å². The second-order valence-electron chi connectivity index (χ2n) is 5.24. The first-order valence-electron chi connectivity index (χ1n) is 7.45. The van der Waals surface area contributed by atoms with Crippen LogP contribution in [0.4, 0.5) is 0 Å². The molecule has 0 heterocycles. The number of ether oxygens (including phenoxy) is 1. The van der Waals surface area contributed by atoms with Crippen LogP contribution in [0.1, 0.15) is 33.6 Å². The summed E-state index contributed by atoms with van der Waals surface area (Å²) in [6.07, 6.45) is 2.71. The smallest absolute Gasteiger partial charge is 0.191 e. The predicted octanol–water partition coefficient (Wildman–Crippen LogP) is 1.68. The molecule has 0 aliphatic heterocycles. The van der Waals surface area contributed by atoms with Crippen LogP contribution in [0.3, 0.4) is 0 Å². The van der Waals surface area contributed by atoms with Gasteiger partial charge < -0.3 is 15.4 Å². The van der Waals surface area contributed by atoms with Crippen LogP contribution in [0.5, 0.6) is 0 Å². The highest BCUT2D eigenvalue weighted by Gasteiger charge is 2.29. The number of methoxy groups -OCH3 is 1. The van der Waals surface area contributed by atoms with Gasteiger partial charge in [0, 0.05) is 38.8 Å². The summed E-state index contributed by atoms with van der Waals surface area (Å²) < 4.78 is 5.03. The molecule has 1 saturated carbocycles. The highest BCUT2D eigenvalue weighted by Crippen LogP contribution is 2.28. The van der Waals surface area contributed by atoms with Crippen molar-refractivity contribution in [3.63, 3.8) is 0 Å². The van der Waals surface area contributed by atoms with Crippen LogP contribution in [-0.2, 0) is 4.74 Å². The Kier molecular flexibility index (Phi) is 11.5. The van der Waals surface area contributed by atoms with Gasteiger partial charge in [-0.05, 0) is 33.6 Å². The fourth-order valence-electron chi connectivity index (χ4n) is 2.16. The predicted molar refractivity (Wildman–Crippen MR) is 96.1 cm³/mol. The van der Waals surface area contributed by atoms with E-state index >= 15 is 0 Å². The SMILES string of the molecule is CCNC(=NCCN(C(C)C)C1CC1)NCCOC.I. The molecule has 0 aromatic rings. The van der Waals surface area contributed by atoms with E-state index in [1.165, 1.54) is 12.8 Å². The lowest BCUT2D eigenvalue weighted by atomic mass is 10.3. The molecule has 120 valence electrons. The van der Waals surface area contributed by atoms with Gasteiger partial charge in [0.05, 0.1) is 13.2 Å². The minimum atomic E-state index is 0. The lowest BCUT2D eigenvalue weighted by molar-refractivity contribution is 0.203. The number of nitrogens with one attached hydrogen (secondary N) is 2. The monoisotopic (exact) mass is 398 g/mol. The summed E-state index contributed by atoms with van der Waals surface area (Å²) in [7, 11) is 1.71. The second kappa shape index (κ2) is 11.6. The Bertz CT molecular complexity index is 268. The van der Waals surface area contributed by atoms with Crippen LogP contribution in [-0.4, -0.2) is 62.8 Å². The maximum absolute atomic E-state index is 5.03. The molecule has 0 bridgehead atoms. The van der Waals surface area contributed by atoms with Crippen molar-refractivity contribution in [2.45, 2.75) is 45.7 Å². The number of aliphatic imine (C=N–C) groups is 1. The van der Waals surface area contributed by atoms with E-state index in [9.17, 15) is 0 Å². The van der Waals surface area contributed by atoms with Crippen LogP contribution in [0.15, 0.2) is 4.99 Å². The molecule has 6 heteroatoms. The Hall–Kier alpha value is -0.0800. The van der Waals surface area contributed by atoms with Gasteiger partial charge in [0.25, 0.3) is 0 Å². The highest BCUT2D eigenvalue weighted by atomic mass is 127. The molecule has 0 atom stereocenters. The number of rotatable bonds is 9. The molecular weight excluding hydrogens is 367 g/mol. The van der Waals surface area contributed by atoms with Gasteiger partial charge in [-0.25, -0.2) is 0 Å². The van der Waals surface area contributed by atoms with Crippen LogP contribution in [0.25, 0.3) is 0 Å². The normalized spacial score (nSPS) is 15.4. The standard InChI is InChI=1S/C14H30N4O.HI/c1-5-15-14(17-9-11-19-4)16-8-10-18(12(2)3)13-6-7-13;/h12-13H,5-11H2,1-4H3,(H2,15,16,17);1H. The molecule has 1 aliphatic rings. The zero-order valence-electron chi connectivity index (χ0n) is 13.3. The second-order valence-corrected chi connectivity index (χ2v) is 5.24. The van der Waals surface area contributed by atoms with E-state index in [0.717, 1.165) is 38.2 Å². The topological polar surface area (TPSA) is 48.9 Å². The largest absolute Gasteiger partial charge is 0.383 e. The van der Waals surface area contributed by atoms with Crippen molar-refractivity contribution in [2.24, 2.45) is 4.99 Å². The molecule has 20 heavy (non-hydrogen) atoms. The quantitative estimate of drug-likeness (QED) is 0.269. The van der Waals surface area contributed by atoms with Crippen molar-refractivity contribution in [3.05, 3.63) is 0 Å². The number of guanidine groups is 1. The van der Waals surface area contributed by atoms with E-state index in [0.29, 0.717) is 12.6 Å². The molecule has 0 spiro atoms. The highest BCUT2D eigenvalue weighted by molar-refractivity contribution is 14.0. The molecule has 0 aromatic carbocycles. The minimum Gasteiger partial charge on any atom is -0.383 e. The summed E-state index contributed by atoms with van der Waals surface area (Å²) in [5, 5.41) is 6.52. The van der Waals surface area contributed by atoms with Gasteiger partial charge in [-0.15, -0.1) is 24.0 Å². The third kappa shape index (κ3) is 8.26. The van der Waals surface area contributed by atoms with Gasteiger partial charge in [-0.3, -0.25) is 9.89 Å². The maximum atomic E-state index is 5.03. The number of nitrogens with zero attached hydrogens (tertiary/aromatic N) is 2. The average molecular weight is 398 g/mol. The molecule has 0 unspecified atom stereocenters. The van der Waals surface area contributed by atoms with Crippen molar-refractivity contribution in [3.8, 4) is 0 Å². The van der Waals surface area contributed by atoms with Crippen molar-refractivity contribution < 1.29 is 4.74 Å². The molecule has 1 aliphatic carbocycles. The van der Waals surface area contributed by atoms with Crippen LogP contribution < -0.4 is 10.6 Å². The Morgan fingerprint density at radius 2 is 2.05 bits per heavy atom. The zero-order valence-corrected chi connectivity index (χ0v) is 15.6. The molecule has 0 aromatic heterocycles. The average Bonchev–Trinajstić information content (AvgIpc) is 3.18. The van der Waals surface area contributed by atoms with Crippen molar-refractivity contribution in [1.29, 1.82) is 0 Å². The third-order valence-corrected chi connectivity index (χ3v) is 3.25. The zero-order chi connectivity index (χ0) is 14.1. The number of hydrogen-bond donors (Lipinski definition) is 2. The van der Waals surface area contributed by atoms with Crippen LogP contribution >= 0.6 is 24.0 Å². The third-order valence-electron chi connectivity index (χ3n) is 3.25. The van der Waals surface area contributed by atoms with Gasteiger partial charge in [0.2, 0.25) is 0 Å². The van der Waals surface area contributed by atoms with E-state index in [1.54, 1.807) is 7.11 Å². The van der Waals surface area contributed by atoms with Gasteiger partial charge in [0.15, 0.2) is 5.96 Å². The summed E-state index contributed by atoms with van der Waals surface area (Å²) in [4.78, 5) is 7.17. The Balaban J connectivity index is 0.00000361. The van der Waals surface area contributed by atoms with E-state index in [4.69, 9.17) is 4.74 Å². The lowest BCUT2D eigenvalue weighted by Crippen LogP contribution is -2.40. The molecule has 0 saturated heterocycles. The van der Waals surface area contributed by atoms with Crippen molar-refractivity contribution in [2.75, 3.05) is 39.9 Å². The first-order chi connectivity index (χ1) is 9.19. The first kappa shape index (κ1) is 19.9. The van der Waals surface area contributed by atoms with Crippen molar-refractivity contribution >= 4 is 29.9 Å². The Morgan fingerprint density at radius 3 is 2.55 bits per heavy atom. The van der Waals surface area contributed by atoms with E-state index < -0.39 is 0 Å². The summed E-state index contributed by atoms with van der Waals surface area (Å²) in [6, 6.07) is 1.42. The molecule has 0 amide bonds. The molecule has 1 rings (SSSR count). The maximum Gasteiger partial charge on any atom is 0.191 e. The number of halogens is 1. The minimum absolute atomic E-state index is 0.